The van der Waals surface area contributed by atoms with E-state index in [1.807, 2.05) is 20.8 Å². The molecule has 0 aromatic carbocycles. The molecule has 6 nitrogen and oxygen atoms in total. The van der Waals surface area contributed by atoms with Gasteiger partial charge in [-0.05, 0) is 33.6 Å². The lowest BCUT2D eigenvalue weighted by Crippen LogP contribution is -2.51. The number of amides is 2. The highest BCUT2D eigenvalue weighted by molar-refractivity contribution is 5.78. The predicted octanol–water partition coefficient (Wildman–Crippen LogP) is 1.85. The average Bonchev–Trinajstić information content (AvgIpc) is 3.00. The van der Waals surface area contributed by atoms with Gasteiger partial charge in [0.2, 0.25) is 5.91 Å². The molecule has 132 valence electrons. The lowest BCUT2D eigenvalue weighted by molar-refractivity contribution is -0.124. The molecule has 0 aromatic heterocycles. The van der Waals surface area contributed by atoms with Crippen LogP contribution in [0.1, 0.15) is 46.5 Å². The van der Waals surface area contributed by atoms with Gasteiger partial charge in [0, 0.05) is 45.2 Å². The van der Waals surface area contributed by atoms with E-state index in [1.54, 1.807) is 4.90 Å². The summed E-state index contributed by atoms with van der Waals surface area (Å²) in [5.74, 6) is 0.453. The fourth-order valence-electron chi connectivity index (χ4n) is 3.15. The first-order valence-electron chi connectivity index (χ1n) is 8.83. The van der Waals surface area contributed by atoms with Crippen molar-refractivity contribution in [3.8, 4) is 0 Å². The van der Waals surface area contributed by atoms with E-state index in [1.165, 1.54) is 12.8 Å². The second-order valence-electron chi connectivity index (χ2n) is 7.58. The largest absolute Gasteiger partial charge is 0.444 e. The summed E-state index contributed by atoms with van der Waals surface area (Å²) in [4.78, 5) is 28.0. The van der Waals surface area contributed by atoms with E-state index >= 15 is 0 Å². The van der Waals surface area contributed by atoms with E-state index < -0.39 is 5.60 Å². The monoisotopic (exact) mass is 325 g/mol. The summed E-state index contributed by atoms with van der Waals surface area (Å²) in [7, 11) is 0. The van der Waals surface area contributed by atoms with Crippen LogP contribution in [0.5, 0.6) is 0 Å². The van der Waals surface area contributed by atoms with Crippen LogP contribution in [0.15, 0.2) is 0 Å². The Kier molecular flexibility index (Phi) is 6.27. The zero-order valence-corrected chi connectivity index (χ0v) is 14.8. The standard InChI is InChI=1S/C17H31N3O3/c1-17(2,3)23-16(22)20-12-10-19(11-13-20)9-8-18-15(21)14-6-4-5-7-14/h14H,4-13H2,1-3H3,(H,18,21). The van der Waals surface area contributed by atoms with E-state index in [9.17, 15) is 9.59 Å². The smallest absolute Gasteiger partial charge is 0.410 e. The molecule has 1 saturated heterocycles. The fraction of sp³-hybridized carbons (Fsp3) is 0.882. The SMILES string of the molecule is CC(C)(C)OC(=O)N1CCN(CCNC(=O)C2CCCC2)CC1. The predicted molar refractivity (Wildman–Crippen MR) is 89.2 cm³/mol. The van der Waals surface area contributed by atoms with Crippen LogP contribution in [0.2, 0.25) is 0 Å². The molecule has 2 aliphatic rings. The molecule has 1 saturated carbocycles. The molecule has 0 spiro atoms. The van der Waals surface area contributed by atoms with Gasteiger partial charge in [0.15, 0.2) is 0 Å². The summed E-state index contributed by atoms with van der Waals surface area (Å²) < 4.78 is 5.39. The zero-order valence-electron chi connectivity index (χ0n) is 14.8. The maximum atomic E-state index is 12.0. The normalized spacial score (nSPS) is 20.6. The van der Waals surface area contributed by atoms with Crippen molar-refractivity contribution in [3.63, 3.8) is 0 Å². The molecule has 0 atom stereocenters. The molecule has 2 amide bonds. The van der Waals surface area contributed by atoms with Crippen molar-refractivity contribution in [1.29, 1.82) is 0 Å². The Morgan fingerprint density at radius 1 is 1.09 bits per heavy atom. The Morgan fingerprint density at radius 3 is 2.26 bits per heavy atom. The Bertz CT molecular complexity index is 406. The van der Waals surface area contributed by atoms with Crippen LogP contribution in [0.3, 0.4) is 0 Å². The first-order chi connectivity index (χ1) is 10.8. The third kappa shape index (κ3) is 6.01. The van der Waals surface area contributed by atoms with E-state index in [-0.39, 0.29) is 17.9 Å². The number of piperazine rings is 1. The highest BCUT2D eigenvalue weighted by Gasteiger charge is 2.26. The fourth-order valence-corrected chi connectivity index (χ4v) is 3.15. The first-order valence-corrected chi connectivity index (χ1v) is 8.83. The van der Waals surface area contributed by atoms with Crippen molar-refractivity contribution in [2.24, 2.45) is 5.92 Å². The van der Waals surface area contributed by atoms with Crippen molar-refractivity contribution < 1.29 is 14.3 Å². The van der Waals surface area contributed by atoms with Crippen LogP contribution >= 0.6 is 0 Å². The highest BCUT2D eigenvalue weighted by Crippen LogP contribution is 2.24. The second kappa shape index (κ2) is 7.99. The molecule has 1 aliphatic heterocycles. The number of ether oxygens (including phenoxy) is 1. The highest BCUT2D eigenvalue weighted by atomic mass is 16.6. The molecule has 23 heavy (non-hydrogen) atoms. The van der Waals surface area contributed by atoms with Crippen molar-refractivity contribution >= 4 is 12.0 Å². The molecule has 0 unspecified atom stereocenters. The summed E-state index contributed by atoms with van der Waals surface area (Å²) in [6.07, 6.45) is 4.22. The minimum Gasteiger partial charge on any atom is -0.444 e. The molecule has 1 heterocycles. The van der Waals surface area contributed by atoms with E-state index in [2.05, 4.69) is 10.2 Å². The van der Waals surface area contributed by atoms with Gasteiger partial charge in [-0.1, -0.05) is 12.8 Å². The summed E-state index contributed by atoms with van der Waals surface area (Å²) in [6.45, 7) is 10.2. The van der Waals surface area contributed by atoms with Gasteiger partial charge in [0.05, 0.1) is 0 Å². The quantitative estimate of drug-likeness (QED) is 0.857. The van der Waals surface area contributed by atoms with Gasteiger partial charge in [-0.25, -0.2) is 4.79 Å². The van der Waals surface area contributed by atoms with Gasteiger partial charge in [-0.3, -0.25) is 9.69 Å². The molecule has 1 aliphatic carbocycles. The summed E-state index contributed by atoms with van der Waals surface area (Å²) >= 11 is 0. The number of hydrogen-bond acceptors (Lipinski definition) is 4. The lowest BCUT2D eigenvalue weighted by Gasteiger charge is -2.35. The number of hydrogen-bond donors (Lipinski definition) is 1. The average molecular weight is 325 g/mol. The van der Waals surface area contributed by atoms with Crippen molar-refractivity contribution in [1.82, 2.24) is 15.1 Å². The van der Waals surface area contributed by atoms with Gasteiger partial charge in [-0.15, -0.1) is 0 Å². The Morgan fingerprint density at radius 2 is 1.70 bits per heavy atom. The van der Waals surface area contributed by atoms with Gasteiger partial charge in [-0.2, -0.15) is 0 Å². The lowest BCUT2D eigenvalue weighted by atomic mass is 10.1. The molecule has 0 bridgehead atoms. The van der Waals surface area contributed by atoms with Crippen LogP contribution in [0.4, 0.5) is 4.79 Å². The minimum absolute atomic E-state index is 0.217. The van der Waals surface area contributed by atoms with Crippen LogP contribution in [0.25, 0.3) is 0 Å². The Balaban J connectivity index is 1.61. The molecule has 6 heteroatoms. The topological polar surface area (TPSA) is 61.9 Å². The number of carbonyl (C=O) groups is 2. The Hall–Kier alpha value is -1.30. The Labute approximate surface area is 139 Å². The van der Waals surface area contributed by atoms with Crippen molar-refractivity contribution in [2.75, 3.05) is 39.3 Å². The molecule has 0 aromatic rings. The molecule has 2 rings (SSSR count). The maximum Gasteiger partial charge on any atom is 0.410 e. The summed E-state index contributed by atoms with van der Waals surface area (Å²) in [5.41, 5.74) is -0.446. The van der Waals surface area contributed by atoms with Gasteiger partial charge < -0.3 is 15.0 Å². The molecule has 2 fully saturated rings. The zero-order chi connectivity index (χ0) is 16.9. The van der Waals surface area contributed by atoms with Crippen LogP contribution in [-0.4, -0.2) is 66.7 Å². The van der Waals surface area contributed by atoms with Crippen molar-refractivity contribution in [2.45, 2.75) is 52.1 Å². The molecule has 0 radical (unpaired) electrons. The third-order valence-corrected chi connectivity index (χ3v) is 4.48. The summed E-state index contributed by atoms with van der Waals surface area (Å²) in [5, 5.41) is 3.05. The first kappa shape index (κ1) is 18.0. The van der Waals surface area contributed by atoms with Gasteiger partial charge in [0.1, 0.15) is 5.60 Å². The number of nitrogens with zero attached hydrogens (tertiary/aromatic N) is 2. The van der Waals surface area contributed by atoms with E-state index in [0.29, 0.717) is 19.6 Å². The third-order valence-electron chi connectivity index (χ3n) is 4.48. The van der Waals surface area contributed by atoms with Gasteiger partial charge in [0.25, 0.3) is 0 Å². The van der Waals surface area contributed by atoms with E-state index in [4.69, 9.17) is 4.74 Å². The van der Waals surface area contributed by atoms with Gasteiger partial charge >= 0.3 is 6.09 Å². The molecule has 1 N–H and O–H groups in total. The number of rotatable bonds is 4. The van der Waals surface area contributed by atoms with Crippen molar-refractivity contribution in [3.05, 3.63) is 0 Å². The molecular weight excluding hydrogens is 294 g/mol. The van der Waals surface area contributed by atoms with E-state index in [0.717, 1.165) is 32.5 Å². The van der Waals surface area contributed by atoms with Crippen LogP contribution in [-0.2, 0) is 9.53 Å². The maximum absolute atomic E-state index is 12.0. The van der Waals surface area contributed by atoms with Crippen LogP contribution < -0.4 is 5.32 Å². The number of nitrogens with one attached hydrogen (secondary N) is 1. The summed E-state index contributed by atoms with van der Waals surface area (Å²) in [6, 6.07) is 0. The molecular formula is C17H31N3O3. The number of carbonyl (C=O) groups excluding carboxylic acids is 2. The minimum atomic E-state index is -0.446. The second-order valence-corrected chi connectivity index (χ2v) is 7.58. The van der Waals surface area contributed by atoms with Crippen LogP contribution in [0, 0.1) is 5.92 Å².